The van der Waals surface area contributed by atoms with Gasteiger partial charge in [-0.05, 0) is 127 Å². The minimum Gasteiger partial charge on any atom is -0.393 e. The number of fused-ring (bicyclic) bond motifs is 2. The molecule has 10 atom stereocenters. The summed E-state index contributed by atoms with van der Waals surface area (Å²) in [5.41, 5.74) is 2.18. The molecule has 0 bridgehead atoms. The van der Waals surface area contributed by atoms with Gasteiger partial charge in [0.25, 0.3) is 0 Å². The van der Waals surface area contributed by atoms with Crippen molar-refractivity contribution in [3.63, 3.8) is 0 Å². The zero-order valence-electron chi connectivity index (χ0n) is 22.2. The molecule has 5 rings (SSSR count). The third-order valence-electron chi connectivity index (χ3n) is 13.5. The maximum absolute atomic E-state index is 10.8. The van der Waals surface area contributed by atoms with E-state index in [1.165, 1.54) is 57.8 Å². The molecule has 2 spiro atoms. The summed E-state index contributed by atoms with van der Waals surface area (Å²) in [6.45, 7) is 17.0. The molecule has 0 aromatic carbocycles. The van der Waals surface area contributed by atoms with Crippen molar-refractivity contribution in [2.75, 3.05) is 0 Å². The molecule has 5 fully saturated rings. The van der Waals surface area contributed by atoms with Gasteiger partial charge in [0.1, 0.15) is 0 Å². The summed E-state index contributed by atoms with van der Waals surface area (Å²) < 4.78 is 0. The van der Waals surface area contributed by atoms with Gasteiger partial charge in [-0.25, -0.2) is 0 Å². The Morgan fingerprint density at radius 1 is 0.750 bits per heavy atom. The van der Waals surface area contributed by atoms with Crippen LogP contribution < -0.4 is 0 Å². The molecule has 5 aliphatic rings. The third kappa shape index (κ3) is 2.78. The highest BCUT2D eigenvalue weighted by atomic mass is 16.3. The maximum atomic E-state index is 10.8. The molecule has 0 amide bonds. The Bertz CT molecular complexity index is 743. The lowest BCUT2D eigenvalue weighted by atomic mass is 9.41. The van der Waals surface area contributed by atoms with E-state index in [-0.39, 0.29) is 17.6 Å². The molecule has 0 aromatic heterocycles. The molecule has 2 nitrogen and oxygen atoms in total. The van der Waals surface area contributed by atoms with Crippen LogP contribution in [0.25, 0.3) is 0 Å². The first-order chi connectivity index (χ1) is 14.9. The van der Waals surface area contributed by atoms with Gasteiger partial charge in [0, 0.05) is 0 Å². The molecule has 5 saturated carbocycles. The van der Waals surface area contributed by atoms with E-state index in [2.05, 4.69) is 48.5 Å². The molecular formula is C30H52O2. The fraction of sp³-hybridized carbons (Fsp3) is 1.00. The highest BCUT2D eigenvalue weighted by Gasteiger charge is 2.82. The van der Waals surface area contributed by atoms with E-state index >= 15 is 0 Å². The molecule has 32 heavy (non-hydrogen) atoms. The minimum absolute atomic E-state index is 0.0956. The standard InChI is InChI=1S/C30H52O2/c1-19(2)22(31)9-8-20(3)21-12-14-28(7)24-11-10-23-26(4,5)25(32)13-15-29(23)18-30(24,29)17-16-27(21,28)6/h19-25,31-32H,8-18H2,1-7H3/t20-,21-,22-,23+,24+,25+,27-,28+,29-,30+/m1/s1. The Labute approximate surface area is 198 Å². The van der Waals surface area contributed by atoms with Crippen molar-refractivity contribution in [1.29, 1.82) is 0 Å². The average Bonchev–Trinajstić information content (AvgIpc) is 3.31. The van der Waals surface area contributed by atoms with Crippen LogP contribution in [0.2, 0.25) is 0 Å². The monoisotopic (exact) mass is 444 g/mol. The van der Waals surface area contributed by atoms with Gasteiger partial charge < -0.3 is 10.2 Å². The van der Waals surface area contributed by atoms with Crippen molar-refractivity contribution >= 4 is 0 Å². The van der Waals surface area contributed by atoms with Crippen LogP contribution in [0.5, 0.6) is 0 Å². The quantitative estimate of drug-likeness (QED) is 0.470. The molecule has 5 aliphatic carbocycles. The van der Waals surface area contributed by atoms with Crippen molar-refractivity contribution in [2.45, 2.75) is 131 Å². The second-order valence-corrected chi connectivity index (χ2v) is 14.9. The highest BCUT2D eigenvalue weighted by Crippen LogP contribution is 2.89. The van der Waals surface area contributed by atoms with Crippen LogP contribution in [0, 0.1) is 56.7 Å². The second-order valence-electron chi connectivity index (χ2n) is 14.9. The molecule has 184 valence electrons. The molecule has 2 N–H and O–H groups in total. The van der Waals surface area contributed by atoms with E-state index in [0.717, 1.165) is 36.5 Å². The number of rotatable bonds is 5. The van der Waals surface area contributed by atoms with Crippen LogP contribution in [-0.4, -0.2) is 22.4 Å². The van der Waals surface area contributed by atoms with Crippen molar-refractivity contribution in [1.82, 2.24) is 0 Å². The van der Waals surface area contributed by atoms with Gasteiger partial charge in [0.05, 0.1) is 12.2 Å². The van der Waals surface area contributed by atoms with Gasteiger partial charge >= 0.3 is 0 Å². The molecule has 0 heterocycles. The molecule has 2 heteroatoms. The first-order valence-electron chi connectivity index (χ1n) is 14.2. The van der Waals surface area contributed by atoms with Crippen molar-refractivity contribution in [2.24, 2.45) is 56.7 Å². The topological polar surface area (TPSA) is 40.5 Å². The predicted octanol–water partition coefficient (Wildman–Crippen LogP) is 7.22. The van der Waals surface area contributed by atoms with Gasteiger partial charge in [0.15, 0.2) is 0 Å². The van der Waals surface area contributed by atoms with Crippen LogP contribution in [-0.2, 0) is 0 Å². The maximum Gasteiger partial charge on any atom is 0.0594 e. The normalized spacial score (nSPS) is 53.1. The van der Waals surface area contributed by atoms with E-state index in [0.29, 0.717) is 27.6 Å². The van der Waals surface area contributed by atoms with Crippen molar-refractivity contribution < 1.29 is 10.2 Å². The third-order valence-corrected chi connectivity index (χ3v) is 13.5. The fourth-order valence-corrected chi connectivity index (χ4v) is 11.3. The molecular weight excluding hydrogens is 392 g/mol. The number of aliphatic hydroxyl groups is 2. The van der Waals surface area contributed by atoms with Crippen molar-refractivity contribution in [3.05, 3.63) is 0 Å². The molecule has 0 aromatic rings. The number of aliphatic hydroxyl groups excluding tert-OH is 2. The van der Waals surface area contributed by atoms with E-state index in [4.69, 9.17) is 0 Å². The van der Waals surface area contributed by atoms with Crippen LogP contribution in [0.4, 0.5) is 0 Å². The van der Waals surface area contributed by atoms with Gasteiger partial charge in [0.2, 0.25) is 0 Å². The van der Waals surface area contributed by atoms with E-state index < -0.39 is 0 Å². The Balaban J connectivity index is 1.38. The number of hydrogen-bond donors (Lipinski definition) is 2. The highest BCUT2D eigenvalue weighted by molar-refractivity contribution is 5.30. The smallest absolute Gasteiger partial charge is 0.0594 e. The zero-order chi connectivity index (χ0) is 23.3. The first-order valence-corrected chi connectivity index (χ1v) is 14.2. The molecule has 0 radical (unpaired) electrons. The minimum atomic E-state index is -0.140. The Morgan fingerprint density at radius 2 is 1.41 bits per heavy atom. The zero-order valence-corrected chi connectivity index (χ0v) is 22.2. The number of hydrogen-bond acceptors (Lipinski definition) is 2. The lowest BCUT2D eigenvalue weighted by Gasteiger charge is -2.63. The lowest BCUT2D eigenvalue weighted by Crippen LogP contribution is -2.57. The van der Waals surface area contributed by atoms with E-state index in [9.17, 15) is 10.2 Å². The van der Waals surface area contributed by atoms with Gasteiger partial charge in [-0.3, -0.25) is 0 Å². The van der Waals surface area contributed by atoms with Crippen LogP contribution in [0.3, 0.4) is 0 Å². The Hall–Kier alpha value is -0.0800. The van der Waals surface area contributed by atoms with E-state index in [1.54, 1.807) is 0 Å². The SMILES string of the molecule is CC(C)[C@H](O)CC[C@@H](C)[C@H]1CC[C@@]2(C)[C@@H]3CC[C@H]4C(C)(C)[C@@H](O)CC[C@@]45C[C@@]35CC[C@]12C. The lowest BCUT2D eigenvalue weighted by molar-refractivity contribution is -0.161. The first kappa shape index (κ1) is 23.7. The summed E-state index contributed by atoms with van der Waals surface area (Å²) in [5.74, 6) is 3.55. The summed E-state index contributed by atoms with van der Waals surface area (Å²) in [6, 6.07) is 0. The summed E-state index contributed by atoms with van der Waals surface area (Å²) in [7, 11) is 0. The molecule has 0 saturated heterocycles. The fourth-order valence-electron chi connectivity index (χ4n) is 11.3. The summed E-state index contributed by atoms with van der Waals surface area (Å²) in [5, 5.41) is 21.3. The second kappa shape index (κ2) is 7.22. The van der Waals surface area contributed by atoms with E-state index in [1.807, 2.05) is 0 Å². The van der Waals surface area contributed by atoms with Crippen LogP contribution in [0.15, 0.2) is 0 Å². The predicted molar refractivity (Wildman–Crippen MR) is 132 cm³/mol. The van der Waals surface area contributed by atoms with Crippen LogP contribution >= 0.6 is 0 Å². The van der Waals surface area contributed by atoms with Gasteiger partial charge in [-0.15, -0.1) is 0 Å². The van der Waals surface area contributed by atoms with Gasteiger partial charge in [-0.1, -0.05) is 48.5 Å². The molecule has 0 unspecified atom stereocenters. The Kier molecular flexibility index (Phi) is 5.34. The molecule has 0 aliphatic heterocycles. The largest absolute Gasteiger partial charge is 0.393 e. The summed E-state index contributed by atoms with van der Waals surface area (Å²) in [4.78, 5) is 0. The van der Waals surface area contributed by atoms with Crippen LogP contribution in [0.1, 0.15) is 119 Å². The van der Waals surface area contributed by atoms with Crippen molar-refractivity contribution in [3.8, 4) is 0 Å². The Morgan fingerprint density at radius 3 is 2.09 bits per heavy atom. The summed E-state index contributed by atoms with van der Waals surface area (Å²) >= 11 is 0. The summed E-state index contributed by atoms with van der Waals surface area (Å²) in [6.07, 6.45) is 14.1. The van der Waals surface area contributed by atoms with Gasteiger partial charge in [-0.2, -0.15) is 0 Å². The average molecular weight is 445 g/mol.